The monoisotopic (exact) mass is 360 g/mol. The van der Waals surface area contributed by atoms with E-state index in [4.69, 9.17) is 14.2 Å². The minimum absolute atomic E-state index is 0.0221. The first-order chi connectivity index (χ1) is 12.6. The van der Waals surface area contributed by atoms with Crippen LogP contribution in [0, 0.1) is 12.7 Å². The van der Waals surface area contributed by atoms with Crippen LogP contribution in [0.25, 0.3) is 0 Å². The predicted octanol–water partition coefficient (Wildman–Crippen LogP) is 2.13. The standard InChI is InChI=1S/C18H21FN4O3/c1-11-5-13(8-20-22-11)26-14-6-12(2)23(9-14)10-16-15(19)7-17-18(21-16)25-4-3-24-17/h5,7-8,12,14H,3-4,6,9-10H2,1-2H3/t12-,14+/m0/s1. The number of ether oxygens (including phenoxy) is 3. The average molecular weight is 360 g/mol. The largest absolute Gasteiger partial charge is 0.487 e. The molecule has 1 fully saturated rings. The third-order valence-corrected chi connectivity index (χ3v) is 4.63. The molecule has 2 aliphatic rings. The quantitative estimate of drug-likeness (QED) is 0.827. The molecule has 0 spiro atoms. The molecule has 1 saturated heterocycles. The fraction of sp³-hybridized carbons (Fsp3) is 0.500. The average Bonchev–Trinajstić information content (AvgIpc) is 2.94. The molecule has 0 amide bonds. The molecule has 0 N–H and O–H groups in total. The molecular formula is C18H21FN4O3. The third kappa shape index (κ3) is 3.55. The van der Waals surface area contributed by atoms with Crippen molar-refractivity contribution in [3.05, 3.63) is 35.5 Å². The van der Waals surface area contributed by atoms with E-state index in [1.54, 1.807) is 6.20 Å². The zero-order valence-corrected chi connectivity index (χ0v) is 14.8. The Morgan fingerprint density at radius 1 is 1.31 bits per heavy atom. The van der Waals surface area contributed by atoms with Gasteiger partial charge in [-0.15, -0.1) is 0 Å². The molecule has 0 radical (unpaired) electrons. The van der Waals surface area contributed by atoms with Crippen molar-refractivity contribution >= 4 is 0 Å². The molecule has 4 heterocycles. The van der Waals surface area contributed by atoms with Crippen LogP contribution < -0.4 is 14.2 Å². The Morgan fingerprint density at radius 2 is 2.15 bits per heavy atom. The molecular weight excluding hydrogens is 339 g/mol. The van der Waals surface area contributed by atoms with Gasteiger partial charge >= 0.3 is 0 Å². The summed E-state index contributed by atoms with van der Waals surface area (Å²) in [6, 6.07) is 3.48. The summed E-state index contributed by atoms with van der Waals surface area (Å²) in [7, 11) is 0. The summed E-state index contributed by atoms with van der Waals surface area (Å²) < 4.78 is 31.2. The second-order valence-electron chi connectivity index (χ2n) is 6.70. The fourth-order valence-electron chi connectivity index (χ4n) is 3.35. The summed E-state index contributed by atoms with van der Waals surface area (Å²) in [5.41, 5.74) is 1.18. The van der Waals surface area contributed by atoms with E-state index >= 15 is 0 Å². The van der Waals surface area contributed by atoms with Crippen LogP contribution in [0.1, 0.15) is 24.7 Å². The number of nitrogens with zero attached hydrogens (tertiary/aromatic N) is 4. The zero-order chi connectivity index (χ0) is 18.1. The van der Waals surface area contributed by atoms with E-state index in [0.29, 0.717) is 49.4 Å². The summed E-state index contributed by atoms with van der Waals surface area (Å²) >= 11 is 0. The molecule has 26 heavy (non-hydrogen) atoms. The highest BCUT2D eigenvalue weighted by Crippen LogP contribution is 2.31. The van der Waals surface area contributed by atoms with E-state index in [1.165, 1.54) is 6.07 Å². The number of pyridine rings is 1. The van der Waals surface area contributed by atoms with E-state index in [2.05, 4.69) is 27.0 Å². The van der Waals surface area contributed by atoms with Crippen molar-refractivity contribution in [1.82, 2.24) is 20.1 Å². The lowest BCUT2D eigenvalue weighted by atomic mass is 10.2. The Kier molecular flexibility index (Phi) is 4.58. The van der Waals surface area contributed by atoms with Crippen LogP contribution in [0.15, 0.2) is 18.3 Å². The molecule has 0 bridgehead atoms. The normalized spacial score (nSPS) is 22.4. The maximum atomic E-state index is 14.4. The van der Waals surface area contributed by atoms with Gasteiger partial charge in [0.15, 0.2) is 5.75 Å². The molecule has 138 valence electrons. The molecule has 0 aromatic carbocycles. The zero-order valence-electron chi connectivity index (χ0n) is 14.8. The fourth-order valence-corrected chi connectivity index (χ4v) is 3.35. The Bertz CT molecular complexity index is 804. The number of fused-ring (bicyclic) bond motifs is 1. The Labute approximate surface area is 151 Å². The van der Waals surface area contributed by atoms with Crippen molar-refractivity contribution in [2.75, 3.05) is 19.8 Å². The molecule has 0 aliphatic carbocycles. The molecule has 4 rings (SSSR count). The summed E-state index contributed by atoms with van der Waals surface area (Å²) in [6.07, 6.45) is 2.49. The van der Waals surface area contributed by atoms with Crippen molar-refractivity contribution in [2.45, 2.75) is 39.0 Å². The predicted molar refractivity (Wildman–Crippen MR) is 90.9 cm³/mol. The van der Waals surface area contributed by atoms with Crippen molar-refractivity contribution in [3.8, 4) is 17.4 Å². The molecule has 2 atom stereocenters. The Balaban J connectivity index is 1.44. The highest BCUT2D eigenvalue weighted by molar-refractivity contribution is 5.36. The number of halogens is 1. The number of aromatic nitrogens is 3. The van der Waals surface area contributed by atoms with Gasteiger partial charge in [-0.2, -0.15) is 10.2 Å². The SMILES string of the molecule is Cc1cc(O[C@@H]2C[C@H](C)N(Cc3nc4c(cc3F)OCCO4)C2)cnn1. The van der Waals surface area contributed by atoms with Crippen molar-refractivity contribution in [1.29, 1.82) is 0 Å². The molecule has 8 heteroatoms. The van der Waals surface area contributed by atoms with Crippen LogP contribution in [-0.4, -0.2) is 52.0 Å². The smallest absolute Gasteiger partial charge is 0.257 e. The first kappa shape index (κ1) is 17.0. The minimum atomic E-state index is -0.375. The Hall–Kier alpha value is -2.48. The van der Waals surface area contributed by atoms with Gasteiger partial charge in [0.2, 0.25) is 0 Å². The molecule has 0 saturated carbocycles. The van der Waals surface area contributed by atoms with Gasteiger partial charge in [-0.3, -0.25) is 4.90 Å². The molecule has 2 aromatic heterocycles. The van der Waals surface area contributed by atoms with Crippen LogP contribution in [0.2, 0.25) is 0 Å². The van der Waals surface area contributed by atoms with Crippen molar-refractivity contribution in [2.24, 2.45) is 0 Å². The lowest BCUT2D eigenvalue weighted by Gasteiger charge is -2.22. The van der Waals surface area contributed by atoms with Crippen LogP contribution >= 0.6 is 0 Å². The van der Waals surface area contributed by atoms with Crippen LogP contribution in [-0.2, 0) is 6.54 Å². The number of rotatable bonds is 4. The second kappa shape index (κ2) is 7.03. The van der Waals surface area contributed by atoms with Crippen molar-refractivity contribution < 1.29 is 18.6 Å². The third-order valence-electron chi connectivity index (χ3n) is 4.63. The Morgan fingerprint density at radius 3 is 3.00 bits per heavy atom. The van der Waals surface area contributed by atoms with Gasteiger partial charge in [0.1, 0.15) is 30.9 Å². The summed E-state index contributed by atoms with van der Waals surface area (Å²) in [6.45, 7) is 5.92. The van der Waals surface area contributed by atoms with Gasteiger partial charge in [0.25, 0.3) is 5.88 Å². The van der Waals surface area contributed by atoms with Gasteiger partial charge in [0.05, 0.1) is 17.6 Å². The van der Waals surface area contributed by atoms with E-state index < -0.39 is 0 Å². The van der Waals surface area contributed by atoms with Gasteiger partial charge in [-0.1, -0.05) is 0 Å². The number of hydrogen-bond acceptors (Lipinski definition) is 7. The maximum absolute atomic E-state index is 14.4. The lowest BCUT2D eigenvalue weighted by molar-refractivity contribution is 0.160. The van der Waals surface area contributed by atoms with Crippen LogP contribution in [0.4, 0.5) is 4.39 Å². The van der Waals surface area contributed by atoms with Gasteiger partial charge in [0, 0.05) is 37.7 Å². The summed E-state index contributed by atoms with van der Waals surface area (Å²) in [5, 5.41) is 7.84. The first-order valence-electron chi connectivity index (χ1n) is 8.73. The van der Waals surface area contributed by atoms with E-state index in [9.17, 15) is 4.39 Å². The van der Waals surface area contributed by atoms with Crippen LogP contribution in [0.5, 0.6) is 17.4 Å². The molecule has 7 nitrogen and oxygen atoms in total. The highest BCUT2D eigenvalue weighted by Gasteiger charge is 2.32. The lowest BCUT2D eigenvalue weighted by Crippen LogP contribution is -2.29. The minimum Gasteiger partial charge on any atom is -0.487 e. The van der Waals surface area contributed by atoms with Gasteiger partial charge in [-0.05, 0) is 13.8 Å². The highest BCUT2D eigenvalue weighted by atomic mass is 19.1. The first-order valence-corrected chi connectivity index (χ1v) is 8.73. The van der Waals surface area contributed by atoms with Gasteiger partial charge in [-0.25, -0.2) is 9.37 Å². The topological polar surface area (TPSA) is 69.6 Å². The molecule has 0 unspecified atom stereocenters. The molecule has 2 aromatic rings. The van der Waals surface area contributed by atoms with Crippen molar-refractivity contribution in [3.63, 3.8) is 0 Å². The number of aryl methyl sites for hydroxylation is 1. The van der Waals surface area contributed by atoms with Crippen LogP contribution in [0.3, 0.4) is 0 Å². The number of likely N-dealkylation sites (tertiary alicyclic amines) is 1. The van der Waals surface area contributed by atoms with Gasteiger partial charge < -0.3 is 14.2 Å². The van der Waals surface area contributed by atoms with E-state index in [0.717, 1.165) is 12.1 Å². The van der Waals surface area contributed by atoms with E-state index in [-0.39, 0.29) is 18.0 Å². The summed E-state index contributed by atoms with van der Waals surface area (Å²) in [4.78, 5) is 6.47. The summed E-state index contributed by atoms with van der Waals surface area (Å²) in [5.74, 6) is 1.07. The molecule has 2 aliphatic heterocycles. The number of hydrogen-bond donors (Lipinski definition) is 0. The second-order valence-corrected chi connectivity index (χ2v) is 6.70. The van der Waals surface area contributed by atoms with E-state index in [1.807, 2.05) is 13.0 Å². The maximum Gasteiger partial charge on any atom is 0.257 e.